The van der Waals surface area contributed by atoms with Crippen molar-refractivity contribution in [3.63, 3.8) is 0 Å². The van der Waals surface area contributed by atoms with Crippen LogP contribution in [0.3, 0.4) is 0 Å². The predicted octanol–water partition coefficient (Wildman–Crippen LogP) is 2.01. The quantitative estimate of drug-likeness (QED) is 0.789. The minimum atomic E-state index is -0.141. The summed E-state index contributed by atoms with van der Waals surface area (Å²) in [5.41, 5.74) is 0.870. The van der Waals surface area contributed by atoms with Crippen LogP contribution in [0, 0.1) is 0 Å². The Hall–Kier alpha value is -3.22. The zero-order valence-electron chi connectivity index (χ0n) is 14.1. The van der Waals surface area contributed by atoms with Crippen molar-refractivity contribution in [2.45, 2.75) is 0 Å². The number of benzene rings is 1. The van der Waals surface area contributed by atoms with E-state index < -0.39 is 0 Å². The Balaban J connectivity index is 1.33. The van der Waals surface area contributed by atoms with Crippen LogP contribution in [0.2, 0.25) is 0 Å². The number of piperazine rings is 1. The van der Waals surface area contributed by atoms with Crippen molar-refractivity contribution in [2.24, 2.45) is 0 Å². The highest BCUT2D eigenvalue weighted by Crippen LogP contribution is 2.32. The van der Waals surface area contributed by atoms with Crippen LogP contribution < -0.4 is 9.47 Å². The molecule has 2 amide bonds. The molecule has 1 saturated heterocycles. The van der Waals surface area contributed by atoms with Gasteiger partial charge in [-0.3, -0.25) is 9.59 Å². The normalized spacial score (nSPS) is 16.3. The molecule has 2 aliphatic rings. The smallest absolute Gasteiger partial charge is 0.289 e. The van der Waals surface area contributed by atoms with Crippen molar-refractivity contribution in [3.05, 3.63) is 54.0 Å². The molecule has 0 saturated carbocycles. The van der Waals surface area contributed by atoms with Crippen molar-refractivity contribution in [1.29, 1.82) is 0 Å². The minimum Gasteiger partial charge on any atom is -0.459 e. The third-order valence-corrected chi connectivity index (χ3v) is 4.43. The summed E-state index contributed by atoms with van der Waals surface area (Å²) < 4.78 is 15.7. The molecular weight excluding hydrogens is 336 g/mol. The van der Waals surface area contributed by atoms with E-state index in [1.165, 1.54) is 6.26 Å². The Morgan fingerprint density at radius 2 is 1.73 bits per heavy atom. The third-order valence-electron chi connectivity index (χ3n) is 4.43. The number of rotatable bonds is 3. The van der Waals surface area contributed by atoms with E-state index in [0.29, 0.717) is 43.4 Å². The van der Waals surface area contributed by atoms with Gasteiger partial charge in [-0.15, -0.1) is 0 Å². The maximum atomic E-state index is 12.4. The zero-order chi connectivity index (χ0) is 17.9. The van der Waals surface area contributed by atoms with E-state index >= 15 is 0 Å². The second kappa shape index (κ2) is 6.95. The molecule has 1 fully saturated rings. The lowest BCUT2D eigenvalue weighted by molar-refractivity contribution is -0.127. The Morgan fingerprint density at radius 1 is 0.962 bits per heavy atom. The van der Waals surface area contributed by atoms with E-state index in [2.05, 4.69) is 0 Å². The molecule has 134 valence electrons. The maximum Gasteiger partial charge on any atom is 0.289 e. The molecule has 0 radical (unpaired) electrons. The minimum absolute atomic E-state index is 0.0761. The molecule has 4 rings (SSSR count). The molecule has 7 heteroatoms. The first kappa shape index (κ1) is 16.3. The lowest BCUT2D eigenvalue weighted by Gasteiger charge is -2.33. The van der Waals surface area contributed by atoms with Gasteiger partial charge in [0.25, 0.3) is 5.91 Å². The highest BCUT2D eigenvalue weighted by atomic mass is 16.7. The van der Waals surface area contributed by atoms with Crippen LogP contribution in [0.25, 0.3) is 6.08 Å². The molecule has 0 atom stereocenters. The predicted molar refractivity (Wildman–Crippen MR) is 92.8 cm³/mol. The molecular formula is C19H18N2O5. The van der Waals surface area contributed by atoms with Crippen molar-refractivity contribution in [1.82, 2.24) is 9.80 Å². The number of fused-ring (bicyclic) bond motifs is 1. The highest BCUT2D eigenvalue weighted by molar-refractivity contribution is 5.93. The van der Waals surface area contributed by atoms with E-state index in [1.54, 1.807) is 34.1 Å². The number of furan rings is 1. The molecule has 0 spiro atoms. The molecule has 0 bridgehead atoms. The summed E-state index contributed by atoms with van der Waals surface area (Å²) in [5.74, 6) is 1.51. The van der Waals surface area contributed by atoms with Gasteiger partial charge in [-0.05, 0) is 35.9 Å². The van der Waals surface area contributed by atoms with Gasteiger partial charge in [0.05, 0.1) is 6.26 Å². The Kier molecular flexibility index (Phi) is 4.35. The number of hydrogen-bond donors (Lipinski definition) is 0. The van der Waals surface area contributed by atoms with Crippen LogP contribution in [-0.2, 0) is 4.79 Å². The van der Waals surface area contributed by atoms with Crippen LogP contribution in [0.4, 0.5) is 0 Å². The van der Waals surface area contributed by atoms with Crippen molar-refractivity contribution in [3.8, 4) is 11.5 Å². The maximum absolute atomic E-state index is 12.4. The zero-order valence-corrected chi connectivity index (χ0v) is 14.1. The average molecular weight is 354 g/mol. The Morgan fingerprint density at radius 3 is 2.50 bits per heavy atom. The molecule has 2 aliphatic heterocycles. The van der Waals surface area contributed by atoms with Gasteiger partial charge in [-0.1, -0.05) is 6.07 Å². The summed E-state index contributed by atoms with van der Waals surface area (Å²) in [6, 6.07) is 8.87. The van der Waals surface area contributed by atoms with Gasteiger partial charge in [-0.25, -0.2) is 0 Å². The second-order valence-corrected chi connectivity index (χ2v) is 6.04. The Bertz CT molecular complexity index is 836. The first-order chi connectivity index (χ1) is 12.7. The molecule has 0 unspecified atom stereocenters. The van der Waals surface area contributed by atoms with E-state index in [4.69, 9.17) is 13.9 Å². The molecule has 0 aliphatic carbocycles. The number of carbonyl (C=O) groups excluding carboxylic acids is 2. The van der Waals surface area contributed by atoms with Crippen molar-refractivity contribution in [2.75, 3.05) is 33.0 Å². The lowest BCUT2D eigenvalue weighted by Crippen LogP contribution is -2.50. The van der Waals surface area contributed by atoms with E-state index in [0.717, 1.165) is 5.56 Å². The Labute approximate surface area is 150 Å². The summed E-state index contributed by atoms with van der Waals surface area (Å²) in [6.45, 7) is 2.20. The molecule has 1 aromatic heterocycles. The summed E-state index contributed by atoms with van der Waals surface area (Å²) in [5, 5.41) is 0. The van der Waals surface area contributed by atoms with Crippen molar-refractivity contribution < 1.29 is 23.5 Å². The first-order valence-corrected chi connectivity index (χ1v) is 8.40. The van der Waals surface area contributed by atoms with Crippen LogP contribution in [0.1, 0.15) is 16.1 Å². The molecule has 3 heterocycles. The standard InChI is InChI=1S/C19H18N2O5/c22-18(6-4-14-3-5-15-17(12-14)26-13-25-15)20-7-9-21(10-8-20)19(23)16-2-1-11-24-16/h1-6,11-12H,7-10,13H2. The van der Waals surface area contributed by atoms with Gasteiger partial charge in [-0.2, -0.15) is 0 Å². The second-order valence-electron chi connectivity index (χ2n) is 6.04. The fourth-order valence-corrected chi connectivity index (χ4v) is 2.98. The van der Waals surface area contributed by atoms with Gasteiger partial charge >= 0.3 is 0 Å². The number of hydrogen-bond acceptors (Lipinski definition) is 5. The fraction of sp³-hybridized carbons (Fsp3) is 0.263. The van der Waals surface area contributed by atoms with E-state index in [9.17, 15) is 9.59 Å². The summed E-state index contributed by atoms with van der Waals surface area (Å²) >= 11 is 0. The summed E-state index contributed by atoms with van der Waals surface area (Å²) in [7, 11) is 0. The monoisotopic (exact) mass is 354 g/mol. The fourth-order valence-electron chi connectivity index (χ4n) is 2.98. The SMILES string of the molecule is O=C(C=Cc1ccc2c(c1)OCO2)N1CCN(C(=O)c2ccco2)CC1. The largest absolute Gasteiger partial charge is 0.459 e. The van der Waals surface area contributed by atoms with Crippen LogP contribution in [-0.4, -0.2) is 54.6 Å². The van der Waals surface area contributed by atoms with E-state index in [1.807, 2.05) is 18.2 Å². The van der Waals surface area contributed by atoms with Gasteiger partial charge in [0, 0.05) is 32.3 Å². The highest BCUT2D eigenvalue weighted by Gasteiger charge is 2.25. The van der Waals surface area contributed by atoms with Crippen LogP contribution in [0.5, 0.6) is 11.5 Å². The summed E-state index contributed by atoms with van der Waals surface area (Å²) in [4.78, 5) is 28.0. The van der Waals surface area contributed by atoms with Crippen molar-refractivity contribution >= 4 is 17.9 Å². The third kappa shape index (κ3) is 3.28. The first-order valence-electron chi connectivity index (χ1n) is 8.40. The number of ether oxygens (including phenoxy) is 2. The number of nitrogens with zero attached hydrogens (tertiary/aromatic N) is 2. The van der Waals surface area contributed by atoms with Gasteiger partial charge in [0.2, 0.25) is 12.7 Å². The van der Waals surface area contributed by atoms with Gasteiger partial charge in [0.1, 0.15) is 0 Å². The lowest BCUT2D eigenvalue weighted by atomic mass is 10.2. The topological polar surface area (TPSA) is 72.2 Å². The van der Waals surface area contributed by atoms with E-state index in [-0.39, 0.29) is 18.6 Å². The summed E-state index contributed by atoms with van der Waals surface area (Å²) in [6.07, 6.45) is 4.78. The van der Waals surface area contributed by atoms with Gasteiger partial charge in [0.15, 0.2) is 17.3 Å². The molecule has 2 aromatic rings. The van der Waals surface area contributed by atoms with Crippen LogP contribution >= 0.6 is 0 Å². The average Bonchev–Trinajstić information content (AvgIpc) is 3.37. The van der Waals surface area contributed by atoms with Gasteiger partial charge < -0.3 is 23.7 Å². The number of amides is 2. The molecule has 1 aromatic carbocycles. The molecule has 7 nitrogen and oxygen atoms in total. The number of carbonyl (C=O) groups is 2. The molecule has 0 N–H and O–H groups in total. The molecule has 26 heavy (non-hydrogen) atoms. The van der Waals surface area contributed by atoms with Crippen LogP contribution in [0.15, 0.2) is 47.1 Å².